The highest BCUT2D eigenvalue weighted by atomic mass is 16.5. The lowest BCUT2D eigenvalue weighted by atomic mass is 10.2. The van der Waals surface area contributed by atoms with Gasteiger partial charge in [-0.3, -0.25) is 4.79 Å². The van der Waals surface area contributed by atoms with Crippen molar-refractivity contribution in [3.8, 4) is 0 Å². The third-order valence-electron chi connectivity index (χ3n) is 2.17. The molecule has 0 radical (unpaired) electrons. The summed E-state index contributed by atoms with van der Waals surface area (Å²) < 4.78 is 5.38. The van der Waals surface area contributed by atoms with Crippen LogP contribution in [0.25, 0.3) is 0 Å². The number of nitrogens with two attached hydrogens (primary N) is 1. The predicted molar refractivity (Wildman–Crippen MR) is 62.8 cm³/mol. The van der Waals surface area contributed by atoms with Crippen molar-refractivity contribution in [2.45, 2.75) is 12.6 Å². The number of hydrogen-bond donors (Lipinski definition) is 1. The molecule has 1 aromatic carbocycles. The van der Waals surface area contributed by atoms with E-state index in [1.165, 1.54) is 4.90 Å². The minimum absolute atomic E-state index is 0.118. The molecule has 0 aliphatic rings. The van der Waals surface area contributed by atoms with Gasteiger partial charge in [0.25, 0.3) is 0 Å². The molecule has 0 aliphatic carbocycles. The van der Waals surface area contributed by atoms with Crippen molar-refractivity contribution in [3.63, 3.8) is 0 Å². The molecular formula is C12H18N2O2. The van der Waals surface area contributed by atoms with Crippen molar-refractivity contribution in [2.75, 3.05) is 20.7 Å². The fraction of sp³-hybridized carbons (Fsp3) is 0.417. The third-order valence-corrected chi connectivity index (χ3v) is 2.17. The van der Waals surface area contributed by atoms with Crippen molar-refractivity contribution < 1.29 is 9.53 Å². The number of rotatable bonds is 5. The average molecular weight is 222 g/mol. The lowest BCUT2D eigenvalue weighted by molar-refractivity contribution is -0.131. The normalized spacial score (nSPS) is 12.2. The second-order valence-electron chi connectivity index (χ2n) is 3.84. The highest BCUT2D eigenvalue weighted by Gasteiger charge is 2.14. The summed E-state index contributed by atoms with van der Waals surface area (Å²) in [6, 6.07) is 9.20. The van der Waals surface area contributed by atoms with Crippen molar-refractivity contribution in [1.82, 2.24) is 4.90 Å². The van der Waals surface area contributed by atoms with Crippen LogP contribution in [0.3, 0.4) is 0 Å². The number of hydrogen-bond acceptors (Lipinski definition) is 3. The fourth-order valence-corrected chi connectivity index (χ4v) is 1.28. The van der Waals surface area contributed by atoms with Crippen LogP contribution >= 0.6 is 0 Å². The van der Waals surface area contributed by atoms with Crippen molar-refractivity contribution in [3.05, 3.63) is 35.9 Å². The Hall–Kier alpha value is -1.39. The lowest BCUT2D eigenvalue weighted by Gasteiger charge is -2.16. The van der Waals surface area contributed by atoms with Gasteiger partial charge in [0.2, 0.25) is 5.91 Å². The highest BCUT2D eigenvalue weighted by Crippen LogP contribution is 2.00. The van der Waals surface area contributed by atoms with Gasteiger partial charge < -0.3 is 15.4 Å². The van der Waals surface area contributed by atoms with Gasteiger partial charge >= 0.3 is 0 Å². The van der Waals surface area contributed by atoms with Gasteiger partial charge in [0.15, 0.2) is 0 Å². The molecule has 0 aliphatic heterocycles. The molecular weight excluding hydrogens is 204 g/mol. The molecule has 0 saturated heterocycles. The van der Waals surface area contributed by atoms with Crippen LogP contribution in [0.5, 0.6) is 0 Å². The first-order valence-electron chi connectivity index (χ1n) is 5.19. The van der Waals surface area contributed by atoms with E-state index in [-0.39, 0.29) is 12.5 Å². The van der Waals surface area contributed by atoms with E-state index >= 15 is 0 Å². The molecule has 0 saturated carbocycles. The van der Waals surface area contributed by atoms with E-state index in [2.05, 4.69) is 0 Å². The molecule has 4 heteroatoms. The zero-order chi connectivity index (χ0) is 12.0. The van der Waals surface area contributed by atoms with Crippen LogP contribution in [0, 0.1) is 0 Å². The highest BCUT2D eigenvalue weighted by molar-refractivity contribution is 5.81. The molecule has 1 atom stereocenters. The topological polar surface area (TPSA) is 55.6 Å². The van der Waals surface area contributed by atoms with Gasteiger partial charge in [0.1, 0.15) is 6.04 Å². The fourth-order valence-electron chi connectivity index (χ4n) is 1.28. The van der Waals surface area contributed by atoms with Gasteiger partial charge in [-0.1, -0.05) is 30.3 Å². The smallest absolute Gasteiger partial charge is 0.241 e. The molecule has 1 rings (SSSR count). The maximum absolute atomic E-state index is 11.4. The summed E-state index contributed by atoms with van der Waals surface area (Å²) in [4.78, 5) is 12.9. The van der Waals surface area contributed by atoms with E-state index in [0.717, 1.165) is 5.56 Å². The number of carbonyl (C=O) groups excluding carboxylic acids is 1. The van der Waals surface area contributed by atoms with Gasteiger partial charge in [-0.2, -0.15) is 0 Å². The van der Waals surface area contributed by atoms with Gasteiger partial charge in [-0.15, -0.1) is 0 Å². The first kappa shape index (κ1) is 12.7. The van der Waals surface area contributed by atoms with Gasteiger partial charge in [-0.05, 0) is 5.56 Å². The van der Waals surface area contributed by atoms with Crippen LogP contribution in [0.1, 0.15) is 5.56 Å². The maximum Gasteiger partial charge on any atom is 0.241 e. The summed E-state index contributed by atoms with van der Waals surface area (Å²) in [5, 5.41) is 0. The number of ether oxygens (including phenoxy) is 1. The molecule has 88 valence electrons. The summed E-state index contributed by atoms with van der Waals surface area (Å²) >= 11 is 0. The quantitative estimate of drug-likeness (QED) is 0.794. The van der Waals surface area contributed by atoms with E-state index in [0.29, 0.717) is 6.61 Å². The van der Waals surface area contributed by atoms with Crippen LogP contribution in [-0.2, 0) is 16.1 Å². The van der Waals surface area contributed by atoms with Crippen LogP contribution in [-0.4, -0.2) is 37.6 Å². The van der Waals surface area contributed by atoms with Gasteiger partial charge in [0, 0.05) is 14.1 Å². The zero-order valence-corrected chi connectivity index (χ0v) is 9.72. The Bertz CT molecular complexity index is 325. The van der Waals surface area contributed by atoms with E-state index in [4.69, 9.17) is 10.5 Å². The average Bonchev–Trinajstić information content (AvgIpc) is 2.29. The summed E-state index contributed by atoms with van der Waals surface area (Å²) in [7, 11) is 3.36. The molecule has 1 amide bonds. The minimum atomic E-state index is -0.585. The Morgan fingerprint density at radius 1 is 1.38 bits per heavy atom. The maximum atomic E-state index is 11.4. The van der Waals surface area contributed by atoms with Crippen LogP contribution < -0.4 is 5.73 Å². The van der Waals surface area contributed by atoms with Gasteiger partial charge in [-0.25, -0.2) is 0 Å². The van der Waals surface area contributed by atoms with Crippen LogP contribution in [0.15, 0.2) is 30.3 Å². The first-order valence-corrected chi connectivity index (χ1v) is 5.19. The van der Waals surface area contributed by atoms with Crippen molar-refractivity contribution in [1.29, 1.82) is 0 Å². The number of nitrogens with zero attached hydrogens (tertiary/aromatic N) is 1. The van der Waals surface area contributed by atoms with E-state index in [9.17, 15) is 4.79 Å². The Kier molecular flexibility index (Phi) is 4.95. The number of amides is 1. The molecule has 0 heterocycles. The number of carbonyl (C=O) groups is 1. The standard InChI is InChI=1S/C12H18N2O2/c1-14(2)12(15)11(13)9-16-8-10-6-4-3-5-7-10/h3-7,11H,8-9,13H2,1-2H3/t11-/m0/s1. The number of benzene rings is 1. The Labute approximate surface area is 96.0 Å². The molecule has 0 bridgehead atoms. The molecule has 2 N–H and O–H groups in total. The molecule has 0 fully saturated rings. The predicted octanol–water partition coefficient (Wildman–Crippen LogP) is 0.619. The molecule has 4 nitrogen and oxygen atoms in total. The summed E-state index contributed by atoms with van der Waals surface area (Å²) in [5.74, 6) is -0.118. The molecule has 16 heavy (non-hydrogen) atoms. The van der Waals surface area contributed by atoms with Crippen molar-refractivity contribution in [2.24, 2.45) is 5.73 Å². The largest absolute Gasteiger partial charge is 0.375 e. The lowest BCUT2D eigenvalue weighted by Crippen LogP contribution is -2.42. The molecule has 1 aromatic rings. The molecule has 0 spiro atoms. The second-order valence-corrected chi connectivity index (χ2v) is 3.84. The van der Waals surface area contributed by atoms with Crippen LogP contribution in [0.2, 0.25) is 0 Å². The zero-order valence-electron chi connectivity index (χ0n) is 9.72. The Balaban J connectivity index is 2.28. The van der Waals surface area contributed by atoms with Crippen LogP contribution in [0.4, 0.5) is 0 Å². The van der Waals surface area contributed by atoms with Crippen molar-refractivity contribution >= 4 is 5.91 Å². The van der Waals surface area contributed by atoms with E-state index < -0.39 is 6.04 Å². The number of likely N-dealkylation sites (N-methyl/N-ethyl adjacent to an activating group) is 1. The Morgan fingerprint density at radius 2 is 2.00 bits per heavy atom. The molecule has 0 aromatic heterocycles. The third kappa shape index (κ3) is 4.00. The minimum Gasteiger partial charge on any atom is -0.375 e. The summed E-state index contributed by atoms with van der Waals surface area (Å²) in [5.41, 5.74) is 6.74. The summed E-state index contributed by atoms with van der Waals surface area (Å²) in [6.45, 7) is 0.723. The SMILES string of the molecule is CN(C)C(=O)[C@@H](N)COCc1ccccc1. The van der Waals surface area contributed by atoms with E-state index in [1.54, 1.807) is 14.1 Å². The molecule has 0 unspecified atom stereocenters. The first-order chi connectivity index (χ1) is 7.61. The summed E-state index contributed by atoms with van der Waals surface area (Å²) in [6.07, 6.45) is 0. The van der Waals surface area contributed by atoms with E-state index in [1.807, 2.05) is 30.3 Å². The van der Waals surface area contributed by atoms with Gasteiger partial charge in [0.05, 0.1) is 13.2 Å². The Morgan fingerprint density at radius 3 is 2.56 bits per heavy atom. The monoisotopic (exact) mass is 222 g/mol. The second kappa shape index (κ2) is 6.25.